The van der Waals surface area contributed by atoms with Gasteiger partial charge in [-0.15, -0.1) is 0 Å². The Hall–Kier alpha value is -1.73. The van der Waals surface area contributed by atoms with Crippen LogP contribution in [0.2, 0.25) is 0 Å². The molecule has 2 N–H and O–H groups in total. The van der Waals surface area contributed by atoms with Crippen LogP contribution in [0, 0.1) is 13.8 Å². The zero-order valence-electron chi connectivity index (χ0n) is 18.0. The number of aromatic nitrogens is 2. The maximum atomic E-state index is 12.3. The molecule has 156 valence electrons. The summed E-state index contributed by atoms with van der Waals surface area (Å²) in [4.78, 5) is 25.1. The van der Waals surface area contributed by atoms with Crippen molar-refractivity contribution in [3.63, 3.8) is 0 Å². The number of carbonyl (C=O) groups is 1. The van der Waals surface area contributed by atoms with Crippen molar-refractivity contribution >= 4 is 11.7 Å². The van der Waals surface area contributed by atoms with Crippen molar-refractivity contribution in [2.45, 2.75) is 77.0 Å². The smallest absolute Gasteiger partial charge is 0.291 e. The molecule has 1 amide bonds. The van der Waals surface area contributed by atoms with Gasteiger partial charge in [-0.1, -0.05) is 19.3 Å². The van der Waals surface area contributed by atoms with Crippen molar-refractivity contribution in [3.05, 3.63) is 17.1 Å². The van der Waals surface area contributed by atoms with Crippen LogP contribution in [-0.4, -0.2) is 70.8 Å². The Morgan fingerprint density at radius 1 is 1.25 bits per heavy atom. The van der Waals surface area contributed by atoms with Crippen LogP contribution in [-0.2, 0) is 0 Å². The molecule has 1 saturated carbocycles. The van der Waals surface area contributed by atoms with Gasteiger partial charge < -0.3 is 20.2 Å². The summed E-state index contributed by atoms with van der Waals surface area (Å²) in [5.74, 6) is 0.932. The summed E-state index contributed by atoms with van der Waals surface area (Å²) in [6, 6.07) is 0.389. The molecule has 2 fully saturated rings. The zero-order valence-corrected chi connectivity index (χ0v) is 18.0. The van der Waals surface area contributed by atoms with Crippen molar-refractivity contribution in [2.24, 2.45) is 0 Å². The third-order valence-electron chi connectivity index (χ3n) is 6.46. The summed E-state index contributed by atoms with van der Waals surface area (Å²) in [6.45, 7) is 7.77. The van der Waals surface area contributed by atoms with E-state index in [9.17, 15) is 9.90 Å². The lowest BCUT2D eigenvalue weighted by Gasteiger charge is -2.39. The number of anilines is 1. The maximum absolute atomic E-state index is 12.3. The number of hydrogen-bond acceptors (Lipinski definition) is 6. The molecule has 0 radical (unpaired) electrons. The minimum atomic E-state index is -0.585. The van der Waals surface area contributed by atoms with Crippen LogP contribution in [0.3, 0.4) is 0 Å². The Morgan fingerprint density at radius 2 is 1.93 bits per heavy atom. The van der Waals surface area contributed by atoms with Crippen LogP contribution in [0.25, 0.3) is 0 Å². The number of hydrogen-bond donors (Lipinski definition) is 2. The van der Waals surface area contributed by atoms with Crippen LogP contribution in [0.1, 0.15) is 67.3 Å². The molecule has 2 aliphatic rings. The summed E-state index contributed by atoms with van der Waals surface area (Å²) in [7, 11) is 3.43. The molecule has 1 aromatic heterocycles. The van der Waals surface area contributed by atoms with Crippen LogP contribution in [0.4, 0.5) is 5.82 Å². The fourth-order valence-electron chi connectivity index (χ4n) is 4.41. The minimum absolute atomic E-state index is 0.0804. The largest absolute Gasteiger partial charge is 0.388 e. The Bertz CT molecular complexity index is 715. The van der Waals surface area contributed by atoms with Gasteiger partial charge in [0.05, 0.1) is 5.60 Å². The summed E-state index contributed by atoms with van der Waals surface area (Å²) >= 11 is 0. The van der Waals surface area contributed by atoms with Crippen LogP contribution < -0.4 is 10.2 Å². The second kappa shape index (κ2) is 8.33. The van der Waals surface area contributed by atoms with Crippen molar-refractivity contribution in [2.75, 3.05) is 32.1 Å². The van der Waals surface area contributed by atoms with Gasteiger partial charge in [-0.05, 0) is 40.0 Å². The summed E-state index contributed by atoms with van der Waals surface area (Å²) < 4.78 is 0. The number of aliphatic hydroxyl groups is 1. The van der Waals surface area contributed by atoms with E-state index in [1.54, 1.807) is 14.1 Å². The van der Waals surface area contributed by atoms with Gasteiger partial charge in [-0.2, -0.15) is 0 Å². The molecule has 3 rings (SSSR count). The average Bonchev–Trinajstić information content (AvgIpc) is 3.12. The summed E-state index contributed by atoms with van der Waals surface area (Å²) in [5.41, 5.74) is 1.28. The minimum Gasteiger partial charge on any atom is -0.388 e. The molecule has 1 aliphatic carbocycles. The van der Waals surface area contributed by atoms with Crippen molar-refractivity contribution < 1.29 is 9.90 Å². The van der Waals surface area contributed by atoms with E-state index in [1.165, 1.54) is 11.3 Å². The predicted molar refractivity (Wildman–Crippen MR) is 111 cm³/mol. The molecule has 2 atom stereocenters. The summed E-state index contributed by atoms with van der Waals surface area (Å²) in [5, 5.41) is 14.6. The SMILES string of the molecule is Cc1nc(C(=O)N(C)C)nc(N2CC[C@@H](NC(C)C3(O)CCCCC3)C2)c1C. The number of rotatable bonds is 5. The van der Waals surface area contributed by atoms with Gasteiger partial charge in [0.1, 0.15) is 5.82 Å². The third-order valence-corrected chi connectivity index (χ3v) is 6.46. The van der Waals surface area contributed by atoms with E-state index >= 15 is 0 Å². The van der Waals surface area contributed by atoms with E-state index in [-0.39, 0.29) is 17.8 Å². The van der Waals surface area contributed by atoms with Crippen molar-refractivity contribution in [1.82, 2.24) is 20.2 Å². The quantitative estimate of drug-likeness (QED) is 0.802. The average molecular weight is 390 g/mol. The monoisotopic (exact) mass is 389 g/mol. The van der Waals surface area contributed by atoms with Crippen molar-refractivity contribution in [3.8, 4) is 0 Å². The molecule has 0 spiro atoms. The van der Waals surface area contributed by atoms with Crippen LogP contribution >= 0.6 is 0 Å². The highest BCUT2D eigenvalue weighted by Crippen LogP contribution is 2.32. The van der Waals surface area contributed by atoms with Crippen molar-refractivity contribution in [1.29, 1.82) is 0 Å². The van der Waals surface area contributed by atoms with Gasteiger partial charge >= 0.3 is 0 Å². The number of nitrogens with zero attached hydrogens (tertiary/aromatic N) is 4. The Kier molecular flexibility index (Phi) is 6.25. The molecule has 7 nitrogen and oxygen atoms in total. The highest BCUT2D eigenvalue weighted by atomic mass is 16.3. The normalized spacial score (nSPS) is 22.9. The Balaban J connectivity index is 1.70. The zero-order chi connectivity index (χ0) is 20.5. The van der Waals surface area contributed by atoms with Gasteiger partial charge in [0.2, 0.25) is 5.82 Å². The van der Waals surface area contributed by atoms with Gasteiger partial charge in [0.25, 0.3) is 5.91 Å². The molecular formula is C21H35N5O2. The first-order valence-electron chi connectivity index (χ1n) is 10.5. The second-order valence-electron chi connectivity index (χ2n) is 8.77. The van der Waals surface area contributed by atoms with Gasteiger partial charge in [-0.3, -0.25) is 4.79 Å². The fourth-order valence-corrected chi connectivity index (χ4v) is 4.41. The molecule has 0 aromatic carbocycles. The molecule has 1 aromatic rings. The van der Waals surface area contributed by atoms with E-state index in [0.29, 0.717) is 6.04 Å². The number of amides is 1. The third kappa shape index (κ3) is 4.30. The van der Waals surface area contributed by atoms with Gasteiger partial charge in [0.15, 0.2) is 0 Å². The first-order valence-corrected chi connectivity index (χ1v) is 10.5. The lowest BCUT2D eigenvalue weighted by molar-refractivity contribution is -0.0275. The molecule has 28 heavy (non-hydrogen) atoms. The van der Waals surface area contributed by atoms with Gasteiger partial charge in [0, 0.05) is 50.5 Å². The highest BCUT2D eigenvalue weighted by molar-refractivity contribution is 5.90. The van der Waals surface area contributed by atoms with E-state index < -0.39 is 5.60 Å². The standard InChI is InChI=1S/C21H35N5O2/c1-14-15(2)22-18(20(27)25(4)5)24-19(14)26-12-9-17(13-26)23-16(3)21(28)10-7-6-8-11-21/h16-17,23,28H,6-13H2,1-5H3/t16?,17-/m1/s1. The van der Waals surface area contributed by atoms with E-state index in [4.69, 9.17) is 0 Å². The topological polar surface area (TPSA) is 81.6 Å². The Morgan fingerprint density at radius 3 is 2.57 bits per heavy atom. The van der Waals surface area contributed by atoms with Crippen LogP contribution in [0.15, 0.2) is 0 Å². The molecule has 1 unspecified atom stereocenters. The molecular weight excluding hydrogens is 354 g/mol. The number of nitrogens with one attached hydrogen (secondary N) is 1. The maximum Gasteiger partial charge on any atom is 0.291 e. The fraction of sp³-hybridized carbons (Fsp3) is 0.762. The number of aryl methyl sites for hydroxylation is 1. The predicted octanol–water partition coefficient (Wildman–Crippen LogP) is 2.05. The van der Waals surface area contributed by atoms with Crippen LogP contribution in [0.5, 0.6) is 0 Å². The second-order valence-corrected chi connectivity index (χ2v) is 8.77. The first-order chi connectivity index (χ1) is 13.2. The van der Waals surface area contributed by atoms with E-state index in [1.807, 2.05) is 13.8 Å². The number of carbonyl (C=O) groups excluding carboxylic acids is 1. The molecule has 1 saturated heterocycles. The van der Waals surface area contributed by atoms with E-state index in [0.717, 1.165) is 62.3 Å². The molecule has 0 bridgehead atoms. The lowest BCUT2D eigenvalue weighted by atomic mass is 9.80. The lowest BCUT2D eigenvalue weighted by Crippen LogP contribution is -2.53. The first kappa shape index (κ1) is 21.0. The highest BCUT2D eigenvalue weighted by Gasteiger charge is 2.37. The molecule has 1 aliphatic heterocycles. The van der Waals surface area contributed by atoms with Gasteiger partial charge in [-0.25, -0.2) is 9.97 Å². The van der Waals surface area contributed by atoms with E-state index in [2.05, 4.69) is 27.1 Å². The molecule has 7 heteroatoms. The molecule has 2 heterocycles. The summed E-state index contributed by atoms with van der Waals surface area (Å²) in [6.07, 6.45) is 6.23. The Labute approximate surface area is 168 Å².